The van der Waals surface area contributed by atoms with Gasteiger partial charge in [-0.1, -0.05) is 12.8 Å². The lowest BCUT2D eigenvalue weighted by atomic mass is 10.1. The summed E-state index contributed by atoms with van der Waals surface area (Å²) < 4.78 is 0. The van der Waals surface area contributed by atoms with Crippen LogP contribution in [0.5, 0.6) is 0 Å². The number of nitrogens with one attached hydrogen (secondary N) is 1. The minimum atomic E-state index is -0.173. The van der Waals surface area contributed by atoms with Crippen LogP contribution >= 0.6 is 0 Å². The van der Waals surface area contributed by atoms with Crippen LogP contribution in [0, 0.1) is 0 Å². The summed E-state index contributed by atoms with van der Waals surface area (Å²) in [6.45, 7) is 4.22. The number of carbonyl (C=O) groups is 1. The molecular formula is C22H29N5O. The van der Waals surface area contributed by atoms with E-state index >= 15 is 0 Å². The zero-order valence-corrected chi connectivity index (χ0v) is 16.4. The largest absolute Gasteiger partial charge is 0.372 e. The minimum absolute atomic E-state index is 0.173. The van der Waals surface area contributed by atoms with E-state index in [1.54, 1.807) is 12.4 Å². The molecule has 2 fully saturated rings. The van der Waals surface area contributed by atoms with Gasteiger partial charge < -0.3 is 15.1 Å². The van der Waals surface area contributed by atoms with Gasteiger partial charge in [0.15, 0.2) is 0 Å². The molecule has 2 saturated heterocycles. The van der Waals surface area contributed by atoms with Crippen LogP contribution in [-0.4, -0.2) is 42.1 Å². The Hall–Kier alpha value is -2.63. The van der Waals surface area contributed by atoms with Gasteiger partial charge in [0.25, 0.3) is 5.91 Å². The second kappa shape index (κ2) is 9.04. The molecule has 0 radical (unpaired) electrons. The number of rotatable bonds is 4. The molecule has 0 aliphatic carbocycles. The molecular weight excluding hydrogens is 350 g/mol. The van der Waals surface area contributed by atoms with E-state index in [0.29, 0.717) is 5.56 Å². The highest BCUT2D eigenvalue weighted by Gasteiger charge is 2.14. The zero-order chi connectivity index (χ0) is 19.2. The predicted octanol–water partition coefficient (Wildman–Crippen LogP) is 4.10. The first kappa shape index (κ1) is 18.7. The lowest BCUT2D eigenvalue weighted by Gasteiger charge is -2.28. The molecule has 6 heteroatoms. The van der Waals surface area contributed by atoms with Gasteiger partial charge in [-0.2, -0.15) is 0 Å². The topological polar surface area (TPSA) is 61.4 Å². The highest BCUT2D eigenvalue weighted by Crippen LogP contribution is 2.22. The summed E-state index contributed by atoms with van der Waals surface area (Å²) in [7, 11) is 0. The van der Waals surface area contributed by atoms with E-state index < -0.39 is 0 Å². The maximum absolute atomic E-state index is 12.5. The highest BCUT2D eigenvalue weighted by atomic mass is 16.1. The van der Waals surface area contributed by atoms with E-state index in [4.69, 9.17) is 0 Å². The van der Waals surface area contributed by atoms with E-state index in [-0.39, 0.29) is 5.91 Å². The van der Waals surface area contributed by atoms with Crippen molar-refractivity contribution in [2.45, 2.75) is 44.9 Å². The van der Waals surface area contributed by atoms with E-state index in [1.165, 1.54) is 50.6 Å². The molecule has 1 aromatic heterocycles. The standard InChI is InChI=1S/C22H29N5O/c28-21(18-16-23-22(24-17-18)27-14-4-1-2-5-15-27)25-19-8-10-20(11-9-19)26-12-6-3-7-13-26/h8-11,16-17H,1-7,12-15H2,(H,25,28). The quantitative estimate of drug-likeness (QED) is 0.867. The molecule has 148 valence electrons. The van der Waals surface area contributed by atoms with Crippen molar-refractivity contribution in [3.05, 3.63) is 42.2 Å². The average Bonchev–Trinajstić information content (AvgIpc) is 3.05. The highest BCUT2D eigenvalue weighted by molar-refractivity contribution is 6.03. The van der Waals surface area contributed by atoms with Gasteiger partial charge in [0, 0.05) is 49.9 Å². The third kappa shape index (κ3) is 4.61. The number of hydrogen-bond donors (Lipinski definition) is 1. The molecule has 4 rings (SSSR count). The lowest BCUT2D eigenvalue weighted by Crippen LogP contribution is -2.29. The van der Waals surface area contributed by atoms with Crippen LogP contribution in [0.3, 0.4) is 0 Å². The summed E-state index contributed by atoms with van der Waals surface area (Å²) in [6, 6.07) is 8.10. The Kier molecular flexibility index (Phi) is 6.04. The van der Waals surface area contributed by atoms with Crippen LogP contribution in [0.1, 0.15) is 55.3 Å². The number of nitrogens with zero attached hydrogens (tertiary/aromatic N) is 4. The molecule has 1 N–H and O–H groups in total. The van der Waals surface area contributed by atoms with E-state index in [9.17, 15) is 4.79 Å². The fourth-order valence-electron chi connectivity index (χ4n) is 3.98. The first-order valence-corrected chi connectivity index (χ1v) is 10.5. The lowest BCUT2D eigenvalue weighted by molar-refractivity contribution is 0.102. The number of carbonyl (C=O) groups excluding carboxylic acids is 1. The average molecular weight is 380 g/mol. The molecule has 2 aliphatic rings. The first-order chi connectivity index (χ1) is 13.8. The molecule has 6 nitrogen and oxygen atoms in total. The number of amides is 1. The smallest absolute Gasteiger partial charge is 0.258 e. The Morgan fingerprint density at radius 2 is 1.29 bits per heavy atom. The predicted molar refractivity (Wildman–Crippen MR) is 113 cm³/mol. The molecule has 28 heavy (non-hydrogen) atoms. The molecule has 1 amide bonds. The van der Waals surface area contributed by atoms with Gasteiger partial charge in [0.1, 0.15) is 0 Å². The van der Waals surface area contributed by atoms with Gasteiger partial charge in [-0.15, -0.1) is 0 Å². The fraction of sp³-hybridized carbons (Fsp3) is 0.500. The summed E-state index contributed by atoms with van der Waals surface area (Å²) in [6.07, 6.45) is 12.0. The second-order valence-electron chi connectivity index (χ2n) is 7.72. The molecule has 3 heterocycles. The SMILES string of the molecule is O=C(Nc1ccc(N2CCCCC2)cc1)c1cnc(N2CCCCCC2)nc1. The van der Waals surface area contributed by atoms with Crippen molar-refractivity contribution in [1.82, 2.24) is 9.97 Å². The van der Waals surface area contributed by atoms with Crippen molar-refractivity contribution in [2.75, 3.05) is 41.3 Å². The van der Waals surface area contributed by atoms with E-state index in [0.717, 1.165) is 37.8 Å². The van der Waals surface area contributed by atoms with Gasteiger partial charge in [-0.05, 0) is 56.4 Å². The molecule has 0 atom stereocenters. The van der Waals surface area contributed by atoms with Crippen molar-refractivity contribution in [2.24, 2.45) is 0 Å². The number of benzene rings is 1. The number of piperidine rings is 1. The van der Waals surface area contributed by atoms with Crippen molar-refractivity contribution in [3.63, 3.8) is 0 Å². The van der Waals surface area contributed by atoms with Crippen LogP contribution in [-0.2, 0) is 0 Å². The van der Waals surface area contributed by atoms with Crippen molar-refractivity contribution in [3.8, 4) is 0 Å². The molecule has 0 spiro atoms. The summed E-state index contributed by atoms with van der Waals surface area (Å²) >= 11 is 0. The summed E-state index contributed by atoms with van der Waals surface area (Å²) in [5, 5.41) is 2.95. The summed E-state index contributed by atoms with van der Waals surface area (Å²) in [5.74, 6) is 0.553. The van der Waals surface area contributed by atoms with Crippen LogP contribution in [0.4, 0.5) is 17.3 Å². The minimum Gasteiger partial charge on any atom is -0.372 e. The van der Waals surface area contributed by atoms with Gasteiger partial charge in [0.2, 0.25) is 5.95 Å². The van der Waals surface area contributed by atoms with Crippen LogP contribution in [0.15, 0.2) is 36.7 Å². The van der Waals surface area contributed by atoms with E-state index in [1.807, 2.05) is 12.1 Å². The molecule has 2 aliphatic heterocycles. The van der Waals surface area contributed by atoms with Gasteiger partial charge >= 0.3 is 0 Å². The molecule has 2 aromatic rings. The maximum Gasteiger partial charge on any atom is 0.258 e. The number of anilines is 3. The van der Waals surface area contributed by atoms with Crippen molar-refractivity contribution in [1.29, 1.82) is 0 Å². The van der Waals surface area contributed by atoms with E-state index in [2.05, 4.69) is 37.2 Å². The molecule has 0 bridgehead atoms. The van der Waals surface area contributed by atoms with Crippen LogP contribution < -0.4 is 15.1 Å². The number of hydrogen-bond acceptors (Lipinski definition) is 5. The normalized spacial score (nSPS) is 17.9. The fourth-order valence-corrected chi connectivity index (χ4v) is 3.98. The van der Waals surface area contributed by atoms with Gasteiger partial charge in [-0.3, -0.25) is 4.79 Å². The Labute approximate surface area is 167 Å². The Morgan fingerprint density at radius 3 is 1.89 bits per heavy atom. The van der Waals surface area contributed by atoms with Crippen molar-refractivity contribution >= 4 is 23.2 Å². The second-order valence-corrected chi connectivity index (χ2v) is 7.72. The summed E-state index contributed by atoms with van der Waals surface area (Å²) in [4.78, 5) is 26.0. The van der Waals surface area contributed by atoms with Crippen molar-refractivity contribution < 1.29 is 4.79 Å². The first-order valence-electron chi connectivity index (χ1n) is 10.5. The maximum atomic E-state index is 12.5. The third-order valence-corrected chi connectivity index (χ3v) is 5.64. The third-order valence-electron chi connectivity index (χ3n) is 5.64. The molecule has 0 unspecified atom stereocenters. The van der Waals surface area contributed by atoms with Gasteiger partial charge in [0.05, 0.1) is 5.56 Å². The van der Waals surface area contributed by atoms with Gasteiger partial charge in [-0.25, -0.2) is 9.97 Å². The summed E-state index contributed by atoms with van der Waals surface area (Å²) in [5.41, 5.74) is 2.50. The Morgan fingerprint density at radius 1 is 0.750 bits per heavy atom. The van der Waals surface area contributed by atoms with Crippen LogP contribution in [0.2, 0.25) is 0 Å². The Balaban J connectivity index is 1.36. The number of aromatic nitrogens is 2. The molecule has 1 aromatic carbocycles. The Bertz CT molecular complexity index is 761. The molecule has 0 saturated carbocycles. The van der Waals surface area contributed by atoms with Crippen LogP contribution in [0.25, 0.3) is 0 Å². The monoisotopic (exact) mass is 379 g/mol. The zero-order valence-electron chi connectivity index (χ0n) is 16.4.